The largest absolute Gasteiger partial charge is 0.493 e. The highest BCUT2D eigenvalue weighted by molar-refractivity contribution is 5.91. The van der Waals surface area contributed by atoms with Gasteiger partial charge in [-0.15, -0.1) is 0 Å². The zero-order valence-electron chi connectivity index (χ0n) is 15.9. The maximum Gasteiger partial charge on any atom is 0.224 e. The lowest BCUT2D eigenvalue weighted by Gasteiger charge is -2.21. The van der Waals surface area contributed by atoms with E-state index in [1.54, 1.807) is 19.5 Å². The van der Waals surface area contributed by atoms with E-state index in [-0.39, 0.29) is 5.91 Å². The Kier molecular flexibility index (Phi) is 7.08. The number of ether oxygens (including phenoxy) is 2. The highest BCUT2D eigenvalue weighted by Crippen LogP contribution is 2.31. The van der Waals surface area contributed by atoms with E-state index in [4.69, 9.17) is 9.47 Å². The lowest BCUT2D eigenvalue weighted by Crippen LogP contribution is -2.15. The monoisotopic (exact) mass is 368 g/mol. The summed E-state index contributed by atoms with van der Waals surface area (Å²) in [6.07, 6.45) is 11.5. The average molecular weight is 368 g/mol. The Labute approximate surface area is 161 Å². The minimum Gasteiger partial charge on any atom is -0.493 e. The minimum atomic E-state index is 0.0609. The quantitative estimate of drug-likeness (QED) is 0.715. The topological polar surface area (TPSA) is 60.5 Å². The highest BCUT2D eigenvalue weighted by Gasteiger charge is 2.15. The molecule has 1 aliphatic carbocycles. The molecule has 0 unspecified atom stereocenters. The van der Waals surface area contributed by atoms with Crippen LogP contribution in [-0.2, 0) is 11.4 Å². The van der Waals surface area contributed by atoms with E-state index in [1.807, 2.05) is 30.3 Å². The molecular weight excluding hydrogens is 340 g/mol. The van der Waals surface area contributed by atoms with Gasteiger partial charge < -0.3 is 14.8 Å². The van der Waals surface area contributed by atoms with Crippen LogP contribution in [0.3, 0.4) is 0 Å². The molecule has 0 radical (unpaired) electrons. The molecule has 0 aliphatic heterocycles. The second-order valence-corrected chi connectivity index (χ2v) is 7.10. The third kappa shape index (κ3) is 5.98. The van der Waals surface area contributed by atoms with Crippen molar-refractivity contribution in [3.63, 3.8) is 0 Å². The summed E-state index contributed by atoms with van der Waals surface area (Å²) in [5.74, 6) is 2.02. The number of hydrogen-bond donors (Lipinski definition) is 1. The lowest BCUT2D eigenvalue weighted by molar-refractivity contribution is -0.116. The number of carbonyl (C=O) groups excluding carboxylic acids is 1. The van der Waals surface area contributed by atoms with Crippen LogP contribution in [0.25, 0.3) is 0 Å². The summed E-state index contributed by atoms with van der Waals surface area (Å²) in [7, 11) is 1.61. The number of rotatable bonds is 8. The molecular formula is C22H28N2O3. The molecule has 1 aromatic carbocycles. The van der Waals surface area contributed by atoms with Gasteiger partial charge in [0.1, 0.15) is 6.61 Å². The van der Waals surface area contributed by atoms with Crippen LogP contribution in [0.4, 0.5) is 5.69 Å². The van der Waals surface area contributed by atoms with Crippen LogP contribution >= 0.6 is 0 Å². The van der Waals surface area contributed by atoms with Crippen LogP contribution in [0.1, 0.15) is 50.5 Å². The van der Waals surface area contributed by atoms with Crippen molar-refractivity contribution >= 4 is 11.6 Å². The van der Waals surface area contributed by atoms with Crippen LogP contribution in [0, 0.1) is 5.92 Å². The summed E-state index contributed by atoms with van der Waals surface area (Å²) in [6.45, 7) is 0.415. The van der Waals surface area contributed by atoms with Gasteiger partial charge in [0.25, 0.3) is 0 Å². The molecule has 0 saturated heterocycles. The van der Waals surface area contributed by atoms with Crippen LogP contribution < -0.4 is 14.8 Å². The Morgan fingerprint density at radius 3 is 2.63 bits per heavy atom. The summed E-state index contributed by atoms with van der Waals surface area (Å²) < 4.78 is 11.3. The number of aromatic nitrogens is 1. The minimum absolute atomic E-state index is 0.0609. The Balaban J connectivity index is 1.55. The maximum absolute atomic E-state index is 12.3. The number of nitrogens with zero attached hydrogens (tertiary/aromatic N) is 1. The zero-order chi connectivity index (χ0) is 18.9. The van der Waals surface area contributed by atoms with E-state index in [2.05, 4.69) is 10.3 Å². The van der Waals surface area contributed by atoms with E-state index in [1.165, 1.54) is 32.1 Å². The summed E-state index contributed by atoms with van der Waals surface area (Å²) in [4.78, 5) is 16.3. The van der Waals surface area contributed by atoms with E-state index < -0.39 is 0 Å². The number of amides is 1. The van der Waals surface area contributed by atoms with Gasteiger partial charge in [-0.25, -0.2) is 0 Å². The number of anilines is 1. The molecule has 144 valence electrons. The predicted octanol–water partition coefficient (Wildman–Crippen LogP) is 4.97. The third-order valence-electron chi connectivity index (χ3n) is 5.10. The van der Waals surface area contributed by atoms with Gasteiger partial charge in [0.15, 0.2) is 11.5 Å². The van der Waals surface area contributed by atoms with E-state index in [9.17, 15) is 4.79 Å². The molecule has 1 heterocycles. The third-order valence-corrected chi connectivity index (χ3v) is 5.10. The van der Waals surface area contributed by atoms with Crippen LogP contribution in [0.5, 0.6) is 11.5 Å². The first kappa shape index (κ1) is 19.2. The average Bonchev–Trinajstić information content (AvgIpc) is 2.72. The molecule has 2 aromatic rings. The summed E-state index contributed by atoms with van der Waals surface area (Å²) in [6, 6.07) is 9.29. The number of hydrogen-bond acceptors (Lipinski definition) is 4. The smallest absolute Gasteiger partial charge is 0.224 e. The second kappa shape index (κ2) is 9.95. The van der Waals surface area contributed by atoms with Crippen molar-refractivity contribution in [1.29, 1.82) is 0 Å². The molecule has 3 rings (SSSR count). The van der Waals surface area contributed by atoms with Gasteiger partial charge in [0.2, 0.25) is 5.91 Å². The Bertz CT molecular complexity index is 728. The van der Waals surface area contributed by atoms with E-state index >= 15 is 0 Å². The molecule has 1 fully saturated rings. The fourth-order valence-electron chi connectivity index (χ4n) is 3.54. The van der Waals surface area contributed by atoms with Crippen molar-refractivity contribution in [2.45, 2.75) is 51.6 Å². The molecule has 0 bridgehead atoms. The molecule has 1 amide bonds. The highest BCUT2D eigenvalue weighted by atomic mass is 16.5. The number of nitrogens with one attached hydrogen (secondary N) is 1. The molecule has 5 nitrogen and oxygen atoms in total. The Hall–Kier alpha value is -2.56. The van der Waals surface area contributed by atoms with Crippen molar-refractivity contribution < 1.29 is 14.3 Å². The van der Waals surface area contributed by atoms with Gasteiger partial charge in [-0.2, -0.15) is 0 Å². The van der Waals surface area contributed by atoms with Crippen LogP contribution in [0.2, 0.25) is 0 Å². The van der Waals surface area contributed by atoms with Gasteiger partial charge in [0, 0.05) is 30.6 Å². The van der Waals surface area contributed by atoms with Gasteiger partial charge in [0.05, 0.1) is 7.11 Å². The van der Waals surface area contributed by atoms with Crippen molar-refractivity contribution in [1.82, 2.24) is 4.98 Å². The Morgan fingerprint density at radius 2 is 1.89 bits per heavy atom. The SMILES string of the molecule is COc1ccc(NC(=O)CCC2CCCCC2)cc1OCc1ccncc1. The van der Waals surface area contributed by atoms with Crippen molar-refractivity contribution in [3.05, 3.63) is 48.3 Å². The number of benzene rings is 1. The number of carbonyl (C=O) groups is 1. The van der Waals surface area contributed by atoms with Gasteiger partial charge in [-0.1, -0.05) is 32.1 Å². The van der Waals surface area contributed by atoms with E-state index in [0.29, 0.717) is 30.4 Å². The van der Waals surface area contributed by atoms with Crippen molar-refractivity contribution in [2.24, 2.45) is 5.92 Å². The second-order valence-electron chi connectivity index (χ2n) is 7.10. The summed E-state index contributed by atoms with van der Waals surface area (Å²) in [5, 5.41) is 2.99. The first-order valence-corrected chi connectivity index (χ1v) is 9.74. The molecule has 1 N–H and O–H groups in total. The first-order valence-electron chi connectivity index (χ1n) is 9.74. The fraction of sp³-hybridized carbons (Fsp3) is 0.455. The van der Waals surface area contributed by atoms with Gasteiger partial charge >= 0.3 is 0 Å². The number of methoxy groups -OCH3 is 1. The zero-order valence-corrected chi connectivity index (χ0v) is 15.9. The van der Waals surface area contributed by atoms with E-state index in [0.717, 1.165) is 17.7 Å². The van der Waals surface area contributed by atoms with Crippen molar-refractivity contribution in [3.8, 4) is 11.5 Å². The molecule has 27 heavy (non-hydrogen) atoms. The lowest BCUT2D eigenvalue weighted by atomic mass is 9.86. The normalized spacial score (nSPS) is 14.6. The molecule has 5 heteroatoms. The Morgan fingerprint density at radius 1 is 1.11 bits per heavy atom. The predicted molar refractivity (Wildman–Crippen MR) is 106 cm³/mol. The van der Waals surface area contributed by atoms with Crippen molar-refractivity contribution in [2.75, 3.05) is 12.4 Å². The standard InChI is InChI=1S/C22H28N2O3/c1-26-20-9-8-19(15-21(20)27-16-18-11-13-23-14-12-18)24-22(25)10-7-17-5-3-2-4-6-17/h8-9,11-15,17H,2-7,10,16H2,1H3,(H,24,25). The van der Waals surface area contributed by atoms with Crippen LogP contribution in [0.15, 0.2) is 42.7 Å². The van der Waals surface area contributed by atoms with Gasteiger partial charge in [-0.3, -0.25) is 9.78 Å². The molecule has 1 aliphatic rings. The number of pyridine rings is 1. The molecule has 0 spiro atoms. The van der Waals surface area contributed by atoms with Gasteiger partial charge in [-0.05, 0) is 42.2 Å². The summed E-state index contributed by atoms with van der Waals surface area (Å²) >= 11 is 0. The summed E-state index contributed by atoms with van der Waals surface area (Å²) in [5.41, 5.74) is 1.75. The molecule has 1 aromatic heterocycles. The molecule has 0 atom stereocenters. The first-order chi connectivity index (χ1) is 13.2. The molecule has 1 saturated carbocycles. The maximum atomic E-state index is 12.3. The fourth-order valence-corrected chi connectivity index (χ4v) is 3.54. The van der Waals surface area contributed by atoms with Crippen LogP contribution in [-0.4, -0.2) is 18.0 Å².